The largest absolute Gasteiger partial charge is 0.494 e. The van der Waals surface area contributed by atoms with Crippen LogP contribution < -0.4 is 10.1 Å². The molecule has 0 aliphatic rings. The Morgan fingerprint density at radius 3 is 2.64 bits per heavy atom. The van der Waals surface area contributed by atoms with Gasteiger partial charge in [-0.3, -0.25) is 4.79 Å². The molecule has 0 fully saturated rings. The lowest BCUT2D eigenvalue weighted by Crippen LogP contribution is -2.13. The number of carbonyl (C=O) groups excluding carboxylic acids is 1. The number of amides is 1. The third kappa shape index (κ3) is 4.78. The number of halogens is 1. The first-order valence-corrected chi connectivity index (χ1v) is 7.68. The highest BCUT2D eigenvalue weighted by Crippen LogP contribution is 2.21. The molecule has 1 N–H and O–H groups in total. The Labute approximate surface area is 136 Å². The van der Waals surface area contributed by atoms with Crippen molar-refractivity contribution in [2.45, 2.75) is 26.7 Å². The molecule has 2 rings (SSSR count). The molecular weight excluding hydrogens is 298 g/mol. The minimum Gasteiger partial charge on any atom is -0.494 e. The first kappa shape index (κ1) is 16.4. The van der Waals surface area contributed by atoms with Crippen molar-refractivity contribution in [2.75, 3.05) is 11.9 Å². The number of hydrogen-bond acceptors (Lipinski definition) is 2. The monoisotopic (exact) mass is 317 g/mol. The second kappa shape index (κ2) is 7.85. The van der Waals surface area contributed by atoms with Crippen LogP contribution in [0.25, 0.3) is 0 Å². The molecule has 0 unspecified atom stereocenters. The van der Waals surface area contributed by atoms with Crippen molar-refractivity contribution in [2.24, 2.45) is 0 Å². The van der Waals surface area contributed by atoms with Gasteiger partial charge in [0.25, 0.3) is 0 Å². The van der Waals surface area contributed by atoms with Gasteiger partial charge in [0.15, 0.2) is 0 Å². The van der Waals surface area contributed by atoms with Gasteiger partial charge < -0.3 is 10.1 Å². The fraction of sp³-hybridized carbons (Fsp3) is 0.278. The highest BCUT2D eigenvalue weighted by Gasteiger charge is 2.05. The van der Waals surface area contributed by atoms with Gasteiger partial charge in [-0.15, -0.1) is 0 Å². The smallest absolute Gasteiger partial charge is 0.224 e. The third-order valence-electron chi connectivity index (χ3n) is 3.37. The number of anilines is 1. The average Bonchev–Trinajstić information content (AvgIpc) is 2.49. The highest BCUT2D eigenvalue weighted by atomic mass is 35.5. The number of hydrogen-bond donors (Lipinski definition) is 1. The Bertz CT molecular complexity index is 655. The summed E-state index contributed by atoms with van der Waals surface area (Å²) in [6.07, 6.45) is 1.10. The van der Waals surface area contributed by atoms with Gasteiger partial charge in [0.2, 0.25) is 5.91 Å². The maximum atomic E-state index is 11.9. The van der Waals surface area contributed by atoms with Crippen LogP contribution in [0.1, 0.15) is 24.0 Å². The molecule has 1 amide bonds. The lowest BCUT2D eigenvalue weighted by molar-refractivity contribution is -0.116. The zero-order chi connectivity index (χ0) is 15.9. The van der Waals surface area contributed by atoms with E-state index in [2.05, 4.69) is 5.32 Å². The van der Waals surface area contributed by atoms with Crippen LogP contribution in [0.4, 0.5) is 5.69 Å². The van der Waals surface area contributed by atoms with Gasteiger partial charge in [-0.1, -0.05) is 29.8 Å². The summed E-state index contributed by atoms with van der Waals surface area (Å²) in [6.45, 7) is 4.41. The molecule has 0 aliphatic heterocycles. The number of benzene rings is 2. The van der Waals surface area contributed by atoms with Gasteiger partial charge in [0.1, 0.15) is 5.75 Å². The van der Waals surface area contributed by atoms with Crippen molar-refractivity contribution in [1.29, 1.82) is 0 Å². The van der Waals surface area contributed by atoms with Gasteiger partial charge in [-0.25, -0.2) is 0 Å². The minimum atomic E-state index is 0.00480. The van der Waals surface area contributed by atoms with E-state index in [9.17, 15) is 4.79 Å². The molecule has 22 heavy (non-hydrogen) atoms. The van der Waals surface area contributed by atoms with Crippen LogP contribution in [-0.4, -0.2) is 12.5 Å². The normalized spacial score (nSPS) is 10.3. The first-order valence-electron chi connectivity index (χ1n) is 7.30. The topological polar surface area (TPSA) is 38.3 Å². The zero-order valence-electron chi connectivity index (χ0n) is 12.9. The van der Waals surface area contributed by atoms with E-state index in [1.165, 1.54) is 0 Å². The van der Waals surface area contributed by atoms with E-state index in [0.29, 0.717) is 19.4 Å². The summed E-state index contributed by atoms with van der Waals surface area (Å²) in [5, 5.41) is 3.64. The fourth-order valence-electron chi connectivity index (χ4n) is 2.06. The molecule has 0 radical (unpaired) electrons. The zero-order valence-corrected chi connectivity index (χ0v) is 13.6. The molecule has 4 heteroatoms. The van der Waals surface area contributed by atoms with Crippen LogP contribution in [0, 0.1) is 13.8 Å². The van der Waals surface area contributed by atoms with E-state index in [1.54, 1.807) is 0 Å². The molecule has 0 aromatic heterocycles. The number of aryl methyl sites for hydroxylation is 2. The van der Waals surface area contributed by atoms with Crippen molar-refractivity contribution >= 4 is 23.2 Å². The van der Waals surface area contributed by atoms with E-state index >= 15 is 0 Å². The first-order chi connectivity index (χ1) is 10.6. The predicted octanol–water partition coefficient (Wildman–Crippen LogP) is 4.75. The lowest BCUT2D eigenvalue weighted by Gasteiger charge is -2.09. The predicted molar refractivity (Wildman–Crippen MR) is 90.7 cm³/mol. The molecule has 3 nitrogen and oxygen atoms in total. The molecule has 116 valence electrons. The number of nitrogens with one attached hydrogen (secondary N) is 1. The molecule has 0 spiro atoms. The van der Waals surface area contributed by atoms with Crippen LogP contribution in [0.2, 0.25) is 5.02 Å². The minimum absolute atomic E-state index is 0.00480. The van der Waals surface area contributed by atoms with E-state index < -0.39 is 0 Å². The van der Waals surface area contributed by atoms with E-state index in [1.807, 2.05) is 56.3 Å². The number of rotatable bonds is 6. The second-order valence-corrected chi connectivity index (χ2v) is 5.63. The summed E-state index contributed by atoms with van der Waals surface area (Å²) in [4.78, 5) is 11.9. The fourth-order valence-corrected chi connectivity index (χ4v) is 2.17. The molecule has 0 bridgehead atoms. The molecule has 2 aromatic carbocycles. The van der Waals surface area contributed by atoms with Crippen LogP contribution in [0.3, 0.4) is 0 Å². The van der Waals surface area contributed by atoms with Crippen LogP contribution >= 0.6 is 11.6 Å². The summed E-state index contributed by atoms with van der Waals surface area (Å²) in [5.74, 6) is 0.784. The molecule has 0 saturated heterocycles. The molecular formula is C18H20ClNO2. The second-order valence-electron chi connectivity index (χ2n) is 5.23. The van der Waals surface area contributed by atoms with Gasteiger partial charge >= 0.3 is 0 Å². The van der Waals surface area contributed by atoms with Crippen LogP contribution in [0.15, 0.2) is 42.5 Å². The number of ether oxygens (including phenoxy) is 1. The Morgan fingerprint density at radius 1 is 1.14 bits per heavy atom. The van der Waals surface area contributed by atoms with Gasteiger partial charge in [-0.05, 0) is 55.7 Å². The summed E-state index contributed by atoms with van der Waals surface area (Å²) in [6, 6.07) is 13.3. The van der Waals surface area contributed by atoms with Crippen molar-refractivity contribution in [1.82, 2.24) is 0 Å². The third-order valence-corrected chi connectivity index (χ3v) is 3.79. The quantitative estimate of drug-likeness (QED) is 0.780. The Kier molecular flexibility index (Phi) is 5.84. The Hall–Kier alpha value is -2.00. The van der Waals surface area contributed by atoms with Crippen LogP contribution in [0.5, 0.6) is 5.75 Å². The number of carbonyl (C=O) groups is 1. The molecule has 0 aliphatic carbocycles. The van der Waals surface area contributed by atoms with E-state index in [4.69, 9.17) is 16.3 Å². The van der Waals surface area contributed by atoms with E-state index in [-0.39, 0.29) is 5.91 Å². The van der Waals surface area contributed by atoms with Crippen molar-refractivity contribution in [3.8, 4) is 5.75 Å². The molecule has 2 aromatic rings. The SMILES string of the molecule is Cc1cc(OCCCC(=O)Nc2ccccc2C)ccc1Cl. The Balaban J connectivity index is 1.73. The van der Waals surface area contributed by atoms with Gasteiger partial charge in [0.05, 0.1) is 6.61 Å². The Morgan fingerprint density at radius 2 is 1.91 bits per heavy atom. The standard InChI is InChI=1S/C18H20ClNO2/c1-13-6-3-4-7-17(13)20-18(21)8-5-11-22-15-9-10-16(19)14(2)12-15/h3-4,6-7,9-10,12H,5,8,11H2,1-2H3,(H,20,21). The molecule has 0 atom stereocenters. The summed E-state index contributed by atoms with van der Waals surface area (Å²) < 4.78 is 5.63. The summed E-state index contributed by atoms with van der Waals surface area (Å²) >= 11 is 5.96. The summed E-state index contributed by atoms with van der Waals surface area (Å²) in [5.41, 5.74) is 2.90. The lowest BCUT2D eigenvalue weighted by atomic mass is 10.2. The molecule has 0 saturated carbocycles. The van der Waals surface area contributed by atoms with E-state index in [0.717, 1.165) is 27.6 Å². The average molecular weight is 318 g/mol. The van der Waals surface area contributed by atoms with Gasteiger partial charge in [0, 0.05) is 17.1 Å². The summed E-state index contributed by atoms with van der Waals surface area (Å²) in [7, 11) is 0. The molecule has 0 heterocycles. The van der Waals surface area contributed by atoms with Crippen molar-refractivity contribution < 1.29 is 9.53 Å². The highest BCUT2D eigenvalue weighted by molar-refractivity contribution is 6.31. The van der Waals surface area contributed by atoms with Crippen molar-refractivity contribution in [3.63, 3.8) is 0 Å². The van der Waals surface area contributed by atoms with Crippen molar-refractivity contribution in [3.05, 3.63) is 58.6 Å². The maximum absolute atomic E-state index is 11.9. The van der Waals surface area contributed by atoms with Gasteiger partial charge in [-0.2, -0.15) is 0 Å². The maximum Gasteiger partial charge on any atom is 0.224 e. The number of para-hydroxylation sites is 1. The van der Waals surface area contributed by atoms with Crippen LogP contribution in [-0.2, 0) is 4.79 Å².